The second kappa shape index (κ2) is 6.56. The van der Waals surface area contributed by atoms with Gasteiger partial charge in [-0.25, -0.2) is 0 Å². The van der Waals surface area contributed by atoms with Gasteiger partial charge < -0.3 is 14.4 Å². The van der Waals surface area contributed by atoms with Crippen LogP contribution in [0.1, 0.15) is 44.7 Å². The van der Waals surface area contributed by atoms with Crippen LogP contribution < -0.4 is 14.4 Å². The van der Waals surface area contributed by atoms with Crippen LogP contribution in [0.5, 0.6) is 11.5 Å². The van der Waals surface area contributed by atoms with Gasteiger partial charge in [-0.15, -0.1) is 0 Å². The van der Waals surface area contributed by atoms with Crippen molar-refractivity contribution >= 4 is 11.6 Å². The molecule has 0 aliphatic carbocycles. The van der Waals surface area contributed by atoms with Crippen LogP contribution in [0.2, 0.25) is 0 Å². The number of ether oxygens (including phenoxy) is 2. The van der Waals surface area contributed by atoms with Crippen molar-refractivity contribution < 1.29 is 14.3 Å². The Kier molecular flexibility index (Phi) is 4.30. The molecule has 2 aromatic rings. The predicted octanol–water partition coefficient (Wildman–Crippen LogP) is 4.19. The number of nitrogens with zero attached hydrogens (tertiary/aromatic N) is 2. The molecule has 28 heavy (non-hydrogen) atoms. The number of benzene rings is 2. The first-order valence-corrected chi connectivity index (χ1v) is 9.68. The Morgan fingerprint density at radius 2 is 2.00 bits per heavy atom. The lowest BCUT2D eigenvalue weighted by molar-refractivity contribution is -0.124. The lowest BCUT2D eigenvalue weighted by atomic mass is 9.67. The van der Waals surface area contributed by atoms with E-state index in [4.69, 9.17) is 14.7 Å². The molecule has 2 aliphatic rings. The van der Waals surface area contributed by atoms with Crippen molar-refractivity contribution in [3.8, 4) is 17.6 Å². The van der Waals surface area contributed by atoms with Crippen LogP contribution in [-0.4, -0.2) is 24.7 Å². The number of para-hydroxylation sites is 1. The summed E-state index contributed by atoms with van der Waals surface area (Å²) in [5.74, 6) is 1.44. The van der Waals surface area contributed by atoms with Crippen molar-refractivity contribution in [2.45, 2.75) is 44.6 Å². The fourth-order valence-corrected chi connectivity index (χ4v) is 4.60. The molecule has 144 valence electrons. The Balaban J connectivity index is 1.94. The molecule has 1 atom stereocenters. The highest BCUT2D eigenvalue weighted by atomic mass is 16.5. The zero-order chi connectivity index (χ0) is 19.9. The molecule has 1 unspecified atom stereocenters. The minimum absolute atomic E-state index is 0.0192. The topological polar surface area (TPSA) is 62.6 Å². The molecule has 0 saturated heterocycles. The Morgan fingerprint density at radius 1 is 1.21 bits per heavy atom. The summed E-state index contributed by atoms with van der Waals surface area (Å²) in [6.07, 6.45) is 0.839. The zero-order valence-electron chi connectivity index (χ0n) is 16.5. The van der Waals surface area contributed by atoms with Gasteiger partial charge >= 0.3 is 0 Å². The highest BCUT2D eigenvalue weighted by Gasteiger charge is 2.58. The molecule has 0 fully saturated rings. The van der Waals surface area contributed by atoms with Gasteiger partial charge in [0.15, 0.2) is 0 Å². The molecule has 5 heteroatoms. The Morgan fingerprint density at radius 3 is 2.75 bits per heavy atom. The van der Waals surface area contributed by atoms with E-state index in [1.807, 2.05) is 63.2 Å². The Hall–Kier alpha value is -3.00. The number of hydrogen-bond acceptors (Lipinski definition) is 4. The van der Waals surface area contributed by atoms with E-state index in [1.165, 1.54) is 0 Å². The van der Waals surface area contributed by atoms with Gasteiger partial charge in [-0.05, 0) is 38.5 Å². The molecule has 0 saturated carbocycles. The van der Waals surface area contributed by atoms with Crippen molar-refractivity contribution in [2.24, 2.45) is 0 Å². The molecule has 4 rings (SSSR count). The minimum atomic E-state index is -0.812. The fourth-order valence-electron chi connectivity index (χ4n) is 4.60. The van der Waals surface area contributed by atoms with Gasteiger partial charge in [0.1, 0.15) is 22.5 Å². The van der Waals surface area contributed by atoms with Crippen molar-refractivity contribution in [1.82, 2.24) is 0 Å². The molecular formula is C23H24N2O3. The quantitative estimate of drug-likeness (QED) is 0.803. The van der Waals surface area contributed by atoms with E-state index in [1.54, 1.807) is 4.90 Å². The van der Waals surface area contributed by atoms with Crippen LogP contribution >= 0.6 is 0 Å². The molecule has 0 bridgehead atoms. The summed E-state index contributed by atoms with van der Waals surface area (Å²) in [5, 5.41) is 9.06. The average molecular weight is 376 g/mol. The van der Waals surface area contributed by atoms with Crippen LogP contribution in [-0.2, 0) is 10.2 Å². The van der Waals surface area contributed by atoms with Crippen LogP contribution in [0.25, 0.3) is 0 Å². The fraction of sp³-hybridized carbons (Fsp3) is 0.391. The Labute approximate surface area is 165 Å². The number of fused-ring (bicyclic) bond motifs is 4. The van der Waals surface area contributed by atoms with Gasteiger partial charge in [-0.1, -0.05) is 24.3 Å². The lowest BCUT2D eigenvalue weighted by Gasteiger charge is -2.43. The lowest BCUT2D eigenvalue weighted by Crippen LogP contribution is -2.50. The molecule has 0 N–H and O–H groups in total. The maximum absolute atomic E-state index is 13.8. The normalized spacial score (nSPS) is 21.6. The van der Waals surface area contributed by atoms with Crippen molar-refractivity contribution in [2.75, 3.05) is 18.1 Å². The van der Waals surface area contributed by atoms with Crippen molar-refractivity contribution in [3.63, 3.8) is 0 Å². The van der Waals surface area contributed by atoms with Crippen LogP contribution in [0, 0.1) is 11.3 Å². The number of amides is 1. The molecule has 1 spiro atoms. The maximum Gasteiger partial charge on any atom is 0.242 e. The molecule has 1 amide bonds. The van der Waals surface area contributed by atoms with Gasteiger partial charge in [-0.3, -0.25) is 4.79 Å². The number of carbonyl (C=O) groups excluding carboxylic acids is 1. The summed E-state index contributed by atoms with van der Waals surface area (Å²) in [4.78, 5) is 15.6. The molecule has 0 aromatic heterocycles. The van der Waals surface area contributed by atoms with E-state index in [9.17, 15) is 4.79 Å². The van der Waals surface area contributed by atoms with Gasteiger partial charge in [0.05, 0.1) is 19.1 Å². The van der Waals surface area contributed by atoms with Crippen molar-refractivity contribution in [1.29, 1.82) is 5.26 Å². The zero-order valence-corrected chi connectivity index (χ0v) is 16.5. The summed E-state index contributed by atoms with van der Waals surface area (Å²) in [6, 6.07) is 15.8. The van der Waals surface area contributed by atoms with Gasteiger partial charge in [0, 0.05) is 30.3 Å². The van der Waals surface area contributed by atoms with Gasteiger partial charge in [-0.2, -0.15) is 5.26 Å². The summed E-state index contributed by atoms with van der Waals surface area (Å²) >= 11 is 0. The second-order valence-electron chi connectivity index (χ2n) is 7.92. The highest BCUT2D eigenvalue weighted by Crippen LogP contribution is 2.56. The standard InChI is InChI=1S/C23H24N2O3/c1-4-27-16-10-11-18-20(14-16)28-22(2,3)15-23(18)17-8-5-6-9-19(17)25(21(23)26)13-7-12-24/h5-6,8-11,14H,4,7,13,15H2,1-3H3. The van der Waals surface area contributed by atoms with Crippen LogP contribution in [0.15, 0.2) is 42.5 Å². The third kappa shape index (κ3) is 2.63. The van der Waals surface area contributed by atoms with E-state index in [2.05, 4.69) is 6.07 Å². The third-order valence-electron chi connectivity index (χ3n) is 5.51. The number of anilines is 1. The first kappa shape index (κ1) is 18.4. The Bertz CT molecular complexity index is 976. The summed E-state index contributed by atoms with van der Waals surface area (Å²) < 4.78 is 11.9. The monoisotopic (exact) mass is 376 g/mol. The van der Waals surface area contributed by atoms with Crippen LogP contribution in [0.3, 0.4) is 0 Å². The largest absolute Gasteiger partial charge is 0.494 e. The maximum atomic E-state index is 13.8. The summed E-state index contributed by atoms with van der Waals surface area (Å²) in [5.41, 5.74) is 1.41. The summed E-state index contributed by atoms with van der Waals surface area (Å²) in [7, 11) is 0. The molecule has 2 heterocycles. The van der Waals surface area contributed by atoms with Gasteiger partial charge in [0.25, 0.3) is 0 Å². The number of hydrogen-bond donors (Lipinski definition) is 0. The van der Waals surface area contributed by atoms with E-state index < -0.39 is 11.0 Å². The smallest absolute Gasteiger partial charge is 0.242 e. The second-order valence-corrected chi connectivity index (χ2v) is 7.92. The van der Waals surface area contributed by atoms with E-state index >= 15 is 0 Å². The number of carbonyl (C=O) groups is 1. The third-order valence-corrected chi connectivity index (χ3v) is 5.51. The summed E-state index contributed by atoms with van der Waals surface area (Å²) in [6.45, 7) is 6.92. The molecule has 2 aromatic carbocycles. The highest BCUT2D eigenvalue weighted by molar-refractivity contribution is 6.11. The van der Waals surface area contributed by atoms with Gasteiger partial charge in [0.2, 0.25) is 5.91 Å². The number of rotatable bonds is 4. The van der Waals surface area contributed by atoms with Crippen LogP contribution in [0.4, 0.5) is 5.69 Å². The van der Waals surface area contributed by atoms with E-state index in [-0.39, 0.29) is 5.91 Å². The molecule has 2 aliphatic heterocycles. The first-order valence-electron chi connectivity index (χ1n) is 9.68. The van der Waals surface area contributed by atoms with E-state index in [0.717, 1.165) is 22.6 Å². The van der Waals surface area contributed by atoms with E-state index in [0.29, 0.717) is 31.7 Å². The SMILES string of the molecule is CCOc1ccc2c(c1)OC(C)(C)CC21C(=O)N(CCC#N)c2ccccc21. The molecule has 0 radical (unpaired) electrons. The number of nitriles is 1. The minimum Gasteiger partial charge on any atom is -0.494 e. The van der Waals surface area contributed by atoms with Crippen molar-refractivity contribution in [3.05, 3.63) is 53.6 Å². The molecule has 5 nitrogen and oxygen atoms in total. The average Bonchev–Trinajstić information content (AvgIpc) is 2.88. The predicted molar refractivity (Wildman–Crippen MR) is 107 cm³/mol. The molecular weight excluding hydrogens is 352 g/mol. The first-order chi connectivity index (χ1) is 13.4.